The molecule has 0 aromatic heterocycles. The van der Waals surface area contributed by atoms with E-state index < -0.39 is 0 Å². The highest BCUT2D eigenvalue weighted by Gasteiger charge is 2.21. The van der Waals surface area contributed by atoms with Crippen LogP contribution in [-0.2, 0) is 0 Å². The molecule has 0 N–H and O–H groups in total. The summed E-state index contributed by atoms with van der Waals surface area (Å²) in [4.78, 5) is 0. The molecule has 3 heteroatoms. The summed E-state index contributed by atoms with van der Waals surface area (Å²) in [6.07, 6.45) is 3.89. The molecule has 0 heterocycles. The maximum Gasteiger partial charge on any atom is 0.00230 e. The lowest BCUT2D eigenvalue weighted by Gasteiger charge is -2.28. The van der Waals surface area contributed by atoms with E-state index in [-0.39, 0.29) is 0 Å². The molecule has 0 radical (unpaired) electrons. The lowest BCUT2D eigenvalue weighted by molar-refractivity contribution is 0.542. The molecule has 1 saturated carbocycles. The Morgan fingerprint density at radius 1 is 1.11 bits per heavy atom. The Kier molecular flexibility index (Phi) is 3.28. The Morgan fingerprint density at radius 3 is 2.22 bits per heavy atom. The second-order valence-corrected chi connectivity index (χ2v) is 5.24. The molecule has 1 rings (SSSR count). The van der Waals surface area contributed by atoms with Crippen molar-refractivity contribution in [3.8, 4) is 0 Å². The third-order valence-electron chi connectivity index (χ3n) is 1.93. The second-order valence-electron chi connectivity index (χ2n) is 2.79. The van der Waals surface area contributed by atoms with Crippen molar-refractivity contribution in [2.75, 3.05) is 0 Å². The molecule has 1 fully saturated rings. The van der Waals surface area contributed by atoms with Gasteiger partial charge < -0.3 is 0 Å². The molecule has 0 aliphatic heterocycles. The summed E-state index contributed by atoms with van der Waals surface area (Å²) in [5.74, 6) is 0. The van der Waals surface area contributed by atoms with Crippen LogP contribution in [0.1, 0.15) is 19.3 Å². The zero-order chi connectivity index (χ0) is 6.85. The van der Waals surface area contributed by atoms with E-state index in [4.69, 9.17) is 0 Å². The van der Waals surface area contributed by atoms with Gasteiger partial charge in [-0.3, -0.25) is 0 Å². The van der Waals surface area contributed by atoms with Gasteiger partial charge in [-0.15, -0.1) is 18.5 Å². The van der Waals surface area contributed by atoms with E-state index in [1.54, 1.807) is 0 Å². The summed E-state index contributed by atoms with van der Waals surface area (Å²) >= 11 is 4.44. The molecule has 54 valence electrons. The quantitative estimate of drug-likeness (QED) is 0.427. The first kappa shape index (κ1) is 8.31. The van der Waals surface area contributed by atoms with Crippen LogP contribution in [0.25, 0.3) is 0 Å². The zero-order valence-electron chi connectivity index (χ0n) is 5.46. The van der Waals surface area contributed by atoms with Crippen molar-refractivity contribution in [3.05, 3.63) is 0 Å². The summed E-state index contributed by atoms with van der Waals surface area (Å²) in [5, 5.41) is 0.657. The third-order valence-corrected chi connectivity index (χ3v) is 4.44. The van der Waals surface area contributed by atoms with Gasteiger partial charge in [-0.25, -0.2) is 0 Å². The van der Waals surface area contributed by atoms with Crippen molar-refractivity contribution in [1.82, 2.24) is 0 Å². The van der Waals surface area contributed by atoms with E-state index in [0.29, 0.717) is 5.25 Å². The van der Waals surface area contributed by atoms with Crippen LogP contribution in [0.15, 0.2) is 0 Å². The fraction of sp³-hybridized carbons (Fsp3) is 1.00. The predicted molar refractivity (Wildman–Crippen MR) is 53.6 cm³/mol. The summed E-state index contributed by atoms with van der Waals surface area (Å²) in [5.41, 5.74) is 1.60. The normalized spacial score (nSPS) is 45.0. The maximum atomic E-state index is 4.44. The minimum absolute atomic E-state index is 0.657. The second kappa shape index (κ2) is 3.56. The van der Waals surface area contributed by atoms with E-state index in [1.807, 2.05) is 0 Å². The topological polar surface area (TPSA) is 0 Å². The molecule has 0 aromatic rings. The highest BCUT2D eigenvalue weighted by Crippen LogP contribution is 2.32. The van der Waals surface area contributed by atoms with Crippen LogP contribution in [0, 0.1) is 0 Å². The third kappa shape index (κ3) is 2.37. The summed E-state index contributed by atoms with van der Waals surface area (Å²) in [6, 6.07) is 0. The maximum absolute atomic E-state index is 4.44. The lowest BCUT2D eigenvalue weighted by atomic mass is 9.99. The molecule has 0 spiro atoms. The van der Waals surface area contributed by atoms with Gasteiger partial charge in [0.1, 0.15) is 0 Å². The molecule has 5 atom stereocenters. The standard InChI is InChI=1S/C6H14P2S/c7-5-2-1-4(9)3-6(5)8/h4-6,9H,1-3,7-8H2. The van der Waals surface area contributed by atoms with Crippen molar-refractivity contribution in [1.29, 1.82) is 0 Å². The van der Waals surface area contributed by atoms with Gasteiger partial charge in [-0.1, -0.05) is 0 Å². The minimum atomic E-state index is 0.657. The Labute approximate surface area is 67.4 Å². The SMILES string of the molecule is PC1CCC(S)CC1P. The van der Waals surface area contributed by atoms with E-state index in [2.05, 4.69) is 31.1 Å². The monoisotopic (exact) mass is 180 g/mol. The molecule has 5 unspecified atom stereocenters. The fourth-order valence-corrected chi connectivity index (χ4v) is 2.70. The smallest absolute Gasteiger partial charge is 0.00230 e. The van der Waals surface area contributed by atoms with Gasteiger partial charge in [0.15, 0.2) is 0 Å². The molecule has 9 heavy (non-hydrogen) atoms. The van der Waals surface area contributed by atoms with Gasteiger partial charge >= 0.3 is 0 Å². The lowest BCUT2D eigenvalue weighted by Crippen LogP contribution is -2.25. The van der Waals surface area contributed by atoms with Crippen molar-refractivity contribution in [3.63, 3.8) is 0 Å². The van der Waals surface area contributed by atoms with Crippen LogP contribution in [0.3, 0.4) is 0 Å². The highest BCUT2D eigenvalue weighted by atomic mass is 32.1. The van der Waals surface area contributed by atoms with Gasteiger partial charge in [0, 0.05) is 5.25 Å². The van der Waals surface area contributed by atoms with Gasteiger partial charge in [0.05, 0.1) is 0 Å². The van der Waals surface area contributed by atoms with Crippen LogP contribution in [0.2, 0.25) is 0 Å². The number of rotatable bonds is 0. The van der Waals surface area contributed by atoms with E-state index in [0.717, 1.165) is 11.3 Å². The van der Waals surface area contributed by atoms with Crippen molar-refractivity contribution < 1.29 is 0 Å². The molecule has 1 aliphatic carbocycles. The first-order valence-electron chi connectivity index (χ1n) is 3.39. The fourth-order valence-electron chi connectivity index (χ4n) is 1.21. The number of hydrogen-bond donors (Lipinski definition) is 1. The Hall–Kier alpha value is 1.21. The van der Waals surface area contributed by atoms with Crippen LogP contribution in [0.4, 0.5) is 0 Å². The molecule has 0 nitrogen and oxygen atoms in total. The van der Waals surface area contributed by atoms with Crippen LogP contribution >= 0.6 is 31.1 Å². The van der Waals surface area contributed by atoms with Gasteiger partial charge in [-0.05, 0) is 30.6 Å². The van der Waals surface area contributed by atoms with Crippen LogP contribution in [-0.4, -0.2) is 16.6 Å². The van der Waals surface area contributed by atoms with Gasteiger partial charge in [0.2, 0.25) is 0 Å². The molecule has 0 saturated heterocycles. The van der Waals surface area contributed by atoms with E-state index >= 15 is 0 Å². The largest absolute Gasteiger partial charge is 0.176 e. The van der Waals surface area contributed by atoms with Crippen LogP contribution < -0.4 is 0 Å². The number of hydrogen-bond acceptors (Lipinski definition) is 1. The average molecular weight is 180 g/mol. The van der Waals surface area contributed by atoms with E-state index in [1.165, 1.54) is 19.3 Å². The Morgan fingerprint density at radius 2 is 1.78 bits per heavy atom. The summed E-state index contributed by atoms with van der Waals surface area (Å²) in [6.45, 7) is 0. The molecule has 0 amide bonds. The zero-order valence-corrected chi connectivity index (χ0v) is 8.66. The Balaban J connectivity index is 2.35. The Bertz CT molecular complexity index is 97.1. The molecule has 1 aliphatic rings. The van der Waals surface area contributed by atoms with Crippen molar-refractivity contribution >= 4 is 31.1 Å². The molecular formula is C6H14P2S. The van der Waals surface area contributed by atoms with Crippen LogP contribution in [0.5, 0.6) is 0 Å². The predicted octanol–water partition coefficient (Wildman–Crippen LogP) is 1.96. The highest BCUT2D eigenvalue weighted by molar-refractivity contribution is 7.81. The first-order chi connectivity index (χ1) is 4.20. The van der Waals surface area contributed by atoms with Gasteiger partial charge in [0.25, 0.3) is 0 Å². The van der Waals surface area contributed by atoms with E-state index in [9.17, 15) is 0 Å². The molecule has 0 aromatic carbocycles. The van der Waals surface area contributed by atoms with Crippen molar-refractivity contribution in [2.45, 2.75) is 35.8 Å². The van der Waals surface area contributed by atoms with Gasteiger partial charge in [-0.2, -0.15) is 12.6 Å². The first-order valence-corrected chi connectivity index (χ1v) is 5.24. The molecular weight excluding hydrogens is 166 g/mol. The minimum Gasteiger partial charge on any atom is -0.176 e. The summed E-state index contributed by atoms with van der Waals surface area (Å²) in [7, 11) is 5.81. The summed E-state index contributed by atoms with van der Waals surface area (Å²) < 4.78 is 0. The van der Waals surface area contributed by atoms with Crippen molar-refractivity contribution in [2.24, 2.45) is 0 Å². The molecule has 0 bridgehead atoms. The average Bonchev–Trinajstić information content (AvgIpc) is 1.80. The number of thiol groups is 1.